The van der Waals surface area contributed by atoms with Crippen molar-refractivity contribution in [2.45, 2.75) is 0 Å². The van der Waals surface area contributed by atoms with E-state index in [4.69, 9.17) is 5.73 Å². The molecule has 0 bridgehead atoms. The van der Waals surface area contributed by atoms with Crippen molar-refractivity contribution in [1.29, 1.82) is 0 Å². The van der Waals surface area contributed by atoms with E-state index in [-0.39, 0.29) is 0 Å². The number of fused-ring (bicyclic) bond motifs is 1. The van der Waals surface area contributed by atoms with Gasteiger partial charge in [-0.05, 0) is 29.9 Å². The molecule has 0 aliphatic heterocycles. The molecule has 62 valence electrons. The minimum Gasteiger partial charge on any atom is -0.398 e. The van der Waals surface area contributed by atoms with Gasteiger partial charge in [-0.25, -0.2) is 0 Å². The summed E-state index contributed by atoms with van der Waals surface area (Å²) in [6.45, 7) is 0. The summed E-state index contributed by atoms with van der Waals surface area (Å²) in [4.78, 5) is 2.08. The van der Waals surface area contributed by atoms with E-state index in [0.717, 1.165) is 5.70 Å². The first-order valence-electron chi connectivity index (χ1n) is 3.97. The second-order valence-corrected chi connectivity index (χ2v) is 3.27. The fourth-order valence-electron chi connectivity index (χ4n) is 1.24. The van der Waals surface area contributed by atoms with E-state index in [2.05, 4.69) is 17.1 Å². The molecule has 0 unspecified atom stereocenters. The summed E-state index contributed by atoms with van der Waals surface area (Å²) in [5.41, 5.74) is 10.3. The van der Waals surface area contributed by atoms with Gasteiger partial charge in [-0.2, -0.15) is 0 Å². The van der Waals surface area contributed by atoms with E-state index in [1.165, 1.54) is 16.8 Å². The monoisotopic (exact) mass is 160 g/mol. The van der Waals surface area contributed by atoms with Crippen LogP contribution in [0, 0.1) is 0 Å². The topological polar surface area (TPSA) is 29.3 Å². The summed E-state index contributed by atoms with van der Waals surface area (Å²) in [7, 11) is 4.06. The molecule has 2 rings (SSSR count). The van der Waals surface area contributed by atoms with Crippen LogP contribution in [0.15, 0.2) is 46.8 Å². The zero-order valence-corrected chi connectivity index (χ0v) is 7.33. The zero-order chi connectivity index (χ0) is 8.72. The molecule has 0 saturated heterocycles. The number of hydrogen-bond donors (Lipinski definition) is 1. The van der Waals surface area contributed by atoms with Crippen LogP contribution in [0.4, 0.5) is 0 Å². The molecule has 2 aliphatic carbocycles. The molecule has 2 aliphatic rings. The van der Waals surface area contributed by atoms with E-state index in [0.29, 0.717) is 0 Å². The zero-order valence-electron chi connectivity index (χ0n) is 7.33. The quantitative estimate of drug-likeness (QED) is 0.623. The summed E-state index contributed by atoms with van der Waals surface area (Å²) in [6, 6.07) is 0. The molecule has 0 radical (unpaired) electrons. The van der Waals surface area contributed by atoms with Crippen LogP contribution in [0.5, 0.6) is 0 Å². The third-order valence-corrected chi connectivity index (χ3v) is 2.09. The van der Waals surface area contributed by atoms with Crippen LogP contribution in [0.25, 0.3) is 0 Å². The van der Waals surface area contributed by atoms with Crippen molar-refractivity contribution in [2.24, 2.45) is 5.73 Å². The second kappa shape index (κ2) is 2.27. The van der Waals surface area contributed by atoms with Crippen LogP contribution < -0.4 is 5.73 Å². The number of allylic oxidation sites excluding steroid dienone is 5. The van der Waals surface area contributed by atoms with Crippen LogP contribution >= 0.6 is 0 Å². The summed E-state index contributed by atoms with van der Waals surface area (Å²) >= 11 is 0. The Morgan fingerprint density at radius 2 is 1.92 bits per heavy atom. The van der Waals surface area contributed by atoms with Crippen molar-refractivity contribution >= 4 is 0 Å². The summed E-state index contributed by atoms with van der Waals surface area (Å²) in [5, 5.41) is 0. The van der Waals surface area contributed by atoms with Crippen molar-refractivity contribution in [3.05, 3.63) is 46.8 Å². The van der Waals surface area contributed by atoms with Gasteiger partial charge in [0.1, 0.15) is 0 Å². The average Bonchev–Trinajstić information content (AvgIpc) is 2.73. The van der Waals surface area contributed by atoms with Crippen LogP contribution in [-0.2, 0) is 0 Å². The van der Waals surface area contributed by atoms with Gasteiger partial charge in [0.05, 0.1) is 0 Å². The van der Waals surface area contributed by atoms with Crippen molar-refractivity contribution < 1.29 is 0 Å². The van der Waals surface area contributed by atoms with Crippen molar-refractivity contribution in [1.82, 2.24) is 4.90 Å². The first-order chi connectivity index (χ1) is 5.68. The molecule has 0 amide bonds. The normalized spacial score (nSPS) is 19.5. The number of nitrogens with two attached hydrogens (primary N) is 1. The Hall–Kier alpha value is -1.44. The molecule has 0 fully saturated rings. The molecule has 12 heavy (non-hydrogen) atoms. The molecular weight excluding hydrogens is 148 g/mol. The van der Waals surface area contributed by atoms with Gasteiger partial charge in [-0.15, -0.1) is 0 Å². The van der Waals surface area contributed by atoms with E-state index >= 15 is 0 Å². The fraction of sp³-hybridized carbons (Fsp3) is 0.200. The van der Waals surface area contributed by atoms with Gasteiger partial charge in [-0.3, -0.25) is 0 Å². The Kier molecular flexibility index (Phi) is 1.37. The summed E-state index contributed by atoms with van der Waals surface area (Å²) in [5.74, 6) is 0. The highest BCUT2D eigenvalue weighted by molar-refractivity contribution is 5.69. The predicted molar refractivity (Wildman–Crippen MR) is 50.2 cm³/mol. The molecule has 0 atom stereocenters. The van der Waals surface area contributed by atoms with Crippen LogP contribution in [0.2, 0.25) is 0 Å². The SMILES string of the molecule is CN(C)C1=CC=C(N)C2=CC2=C1. The maximum atomic E-state index is 5.77. The molecule has 0 heterocycles. The van der Waals surface area contributed by atoms with Gasteiger partial charge in [0.15, 0.2) is 0 Å². The smallest absolute Gasteiger partial charge is 0.0394 e. The van der Waals surface area contributed by atoms with E-state index in [1.54, 1.807) is 0 Å². The highest BCUT2D eigenvalue weighted by atomic mass is 15.1. The molecule has 0 aromatic carbocycles. The maximum Gasteiger partial charge on any atom is 0.0394 e. The van der Waals surface area contributed by atoms with Crippen molar-refractivity contribution in [3.63, 3.8) is 0 Å². The molecule has 0 spiro atoms. The lowest BCUT2D eigenvalue weighted by atomic mass is 10.3. The Morgan fingerprint density at radius 1 is 1.17 bits per heavy atom. The van der Waals surface area contributed by atoms with E-state index in [9.17, 15) is 0 Å². The standard InChI is InChI=1S/C10H12N2/c1-12(2)8-3-4-10(11)9-6-7(9)5-8/h3-6H,11H2,1-2H3. The molecule has 0 aromatic rings. The molecule has 0 saturated carbocycles. The van der Waals surface area contributed by atoms with Gasteiger partial charge in [0.2, 0.25) is 0 Å². The lowest BCUT2D eigenvalue weighted by molar-refractivity contribution is 0.530. The number of likely N-dealkylation sites (N-methyl/N-ethyl adjacent to an activating group) is 1. The number of rotatable bonds is 1. The van der Waals surface area contributed by atoms with E-state index < -0.39 is 0 Å². The predicted octanol–water partition coefficient (Wildman–Crippen LogP) is 1.15. The van der Waals surface area contributed by atoms with Crippen LogP contribution in [0.3, 0.4) is 0 Å². The molecule has 2 nitrogen and oxygen atoms in total. The van der Waals surface area contributed by atoms with Crippen molar-refractivity contribution in [3.8, 4) is 0 Å². The van der Waals surface area contributed by atoms with Gasteiger partial charge >= 0.3 is 0 Å². The van der Waals surface area contributed by atoms with Gasteiger partial charge in [0.25, 0.3) is 0 Å². The number of nitrogens with zero attached hydrogens (tertiary/aromatic N) is 1. The highest BCUT2D eigenvalue weighted by Gasteiger charge is 2.20. The maximum absolute atomic E-state index is 5.77. The minimum absolute atomic E-state index is 0.873. The summed E-state index contributed by atoms with van der Waals surface area (Å²) in [6.07, 6.45) is 8.24. The van der Waals surface area contributed by atoms with Gasteiger partial charge in [-0.1, -0.05) is 0 Å². The van der Waals surface area contributed by atoms with Crippen LogP contribution in [0.1, 0.15) is 0 Å². The Balaban J connectivity index is 2.34. The lowest BCUT2D eigenvalue weighted by Crippen LogP contribution is -2.08. The third-order valence-electron chi connectivity index (χ3n) is 2.09. The minimum atomic E-state index is 0.873. The van der Waals surface area contributed by atoms with Crippen molar-refractivity contribution in [2.75, 3.05) is 14.1 Å². The number of hydrogen-bond acceptors (Lipinski definition) is 2. The fourth-order valence-corrected chi connectivity index (χ4v) is 1.24. The van der Waals surface area contributed by atoms with Crippen LogP contribution in [-0.4, -0.2) is 19.0 Å². The second-order valence-electron chi connectivity index (χ2n) is 3.27. The lowest BCUT2D eigenvalue weighted by Gasteiger charge is -2.11. The molecule has 2 N–H and O–H groups in total. The average molecular weight is 160 g/mol. The van der Waals surface area contributed by atoms with Gasteiger partial charge < -0.3 is 10.6 Å². The van der Waals surface area contributed by atoms with E-state index in [1.807, 2.05) is 26.2 Å². The Morgan fingerprint density at radius 3 is 2.58 bits per heavy atom. The largest absolute Gasteiger partial charge is 0.398 e. The Bertz CT molecular complexity index is 341. The first kappa shape index (κ1) is 7.22. The first-order valence-corrected chi connectivity index (χ1v) is 3.97. The van der Waals surface area contributed by atoms with Gasteiger partial charge in [0, 0.05) is 31.1 Å². The molecular formula is C10H12N2. The molecule has 2 heteroatoms. The molecule has 0 aromatic heterocycles. The third kappa shape index (κ3) is 1.05. The Labute approximate surface area is 72.4 Å². The summed E-state index contributed by atoms with van der Waals surface area (Å²) < 4.78 is 0. The highest BCUT2D eigenvalue weighted by Crippen LogP contribution is 2.35.